The smallest absolute Gasteiger partial charge is 0.269 e. The van der Waals surface area contributed by atoms with Crippen LogP contribution in [-0.2, 0) is 5.41 Å². The van der Waals surface area contributed by atoms with Crippen molar-refractivity contribution >= 4 is 17.6 Å². The van der Waals surface area contributed by atoms with Crippen LogP contribution in [-0.4, -0.2) is 16.2 Å². The van der Waals surface area contributed by atoms with Gasteiger partial charge >= 0.3 is 0 Å². The lowest BCUT2D eigenvalue weighted by atomic mass is 9.48. The molecule has 150 valence electrons. The van der Waals surface area contributed by atoms with Crippen LogP contribution < -0.4 is 0 Å². The first-order chi connectivity index (χ1) is 13.9. The lowest BCUT2D eigenvalue weighted by molar-refractivity contribution is -0.384. The van der Waals surface area contributed by atoms with E-state index in [0.29, 0.717) is 5.69 Å². The zero-order chi connectivity index (χ0) is 20.2. The Morgan fingerprint density at radius 3 is 2.31 bits per heavy atom. The van der Waals surface area contributed by atoms with Crippen LogP contribution >= 0.6 is 0 Å². The van der Waals surface area contributed by atoms with Crippen LogP contribution in [0.25, 0.3) is 0 Å². The first-order valence-corrected chi connectivity index (χ1v) is 10.5. The Morgan fingerprint density at radius 1 is 1.07 bits per heavy atom. The molecule has 4 fully saturated rings. The van der Waals surface area contributed by atoms with E-state index >= 15 is 0 Å². The van der Waals surface area contributed by atoms with Gasteiger partial charge in [0.25, 0.3) is 5.69 Å². The normalized spacial score (nSPS) is 30.2. The Bertz CT molecular complexity index is 976. The maximum Gasteiger partial charge on any atom is 0.269 e. The van der Waals surface area contributed by atoms with Gasteiger partial charge in [0.2, 0.25) is 0 Å². The summed E-state index contributed by atoms with van der Waals surface area (Å²) in [5, 5.41) is 21.3. The summed E-state index contributed by atoms with van der Waals surface area (Å²) in [5.41, 5.74) is 3.82. The van der Waals surface area contributed by atoms with E-state index in [4.69, 9.17) is 0 Å². The molecule has 4 aliphatic carbocycles. The van der Waals surface area contributed by atoms with Gasteiger partial charge in [0.1, 0.15) is 5.75 Å². The molecule has 4 saturated carbocycles. The van der Waals surface area contributed by atoms with E-state index in [-0.39, 0.29) is 16.9 Å². The number of benzene rings is 2. The minimum atomic E-state index is -0.402. The van der Waals surface area contributed by atoms with Crippen LogP contribution in [0.15, 0.2) is 41.4 Å². The SMILES string of the molecule is Cc1cc([N+](=O)[O-])ccc1N=Cc1cc(C23CC4CC(CC(C4)C2)C3)ccc1O. The number of rotatable bonds is 4. The highest BCUT2D eigenvalue weighted by Crippen LogP contribution is 2.60. The highest BCUT2D eigenvalue weighted by molar-refractivity contribution is 5.86. The van der Waals surface area contributed by atoms with E-state index in [9.17, 15) is 15.2 Å². The first kappa shape index (κ1) is 18.3. The standard InChI is InChI=1S/C24H26N2O3/c1-15-6-21(26(28)29)3-4-22(15)25-14-19-10-20(2-5-23(19)27)24-11-16-7-17(12-24)9-18(8-16)13-24/h2-6,10,14,16-18,27H,7-9,11-13H2,1H3. The molecule has 1 N–H and O–H groups in total. The minimum Gasteiger partial charge on any atom is -0.507 e. The Hall–Kier alpha value is -2.69. The third kappa shape index (κ3) is 3.22. The summed E-state index contributed by atoms with van der Waals surface area (Å²) >= 11 is 0. The number of aryl methyl sites for hydroxylation is 1. The largest absolute Gasteiger partial charge is 0.507 e. The molecule has 29 heavy (non-hydrogen) atoms. The zero-order valence-electron chi connectivity index (χ0n) is 16.7. The Kier molecular flexibility index (Phi) is 4.23. The number of phenolic OH excluding ortho intramolecular Hbond substituents is 1. The van der Waals surface area contributed by atoms with Gasteiger partial charge in [0.15, 0.2) is 0 Å². The van der Waals surface area contributed by atoms with Gasteiger partial charge < -0.3 is 5.11 Å². The molecule has 2 aromatic rings. The highest BCUT2D eigenvalue weighted by atomic mass is 16.6. The predicted molar refractivity (Wildman–Crippen MR) is 113 cm³/mol. The Morgan fingerprint density at radius 2 is 1.72 bits per heavy atom. The molecule has 0 aromatic heterocycles. The molecule has 0 unspecified atom stereocenters. The van der Waals surface area contributed by atoms with Crippen molar-refractivity contribution in [2.24, 2.45) is 22.7 Å². The second-order valence-electron chi connectivity index (χ2n) is 9.46. The van der Waals surface area contributed by atoms with Crippen molar-refractivity contribution in [3.8, 4) is 5.75 Å². The fraction of sp³-hybridized carbons (Fsp3) is 0.458. The van der Waals surface area contributed by atoms with E-state index in [1.807, 2.05) is 6.92 Å². The molecule has 4 bridgehead atoms. The average molecular weight is 390 g/mol. The van der Waals surface area contributed by atoms with Crippen LogP contribution in [0.1, 0.15) is 55.2 Å². The van der Waals surface area contributed by atoms with Crippen molar-refractivity contribution in [2.45, 2.75) is 50.9 Å². The number of nitro groups is 1. The van der Waals surface area contributed by atoms with Crippen molar-refractivity contribution in [2.75, 3.05) is 0 Å². The van der Waals surface area contributed by atoms with Gasteiger partial charge in [-0.2, -0.15) is 0 Å². The maximum atomic E-state index is 10.9. The Labute approximate surface area is 170 Å². The molecular formula is C24H26N2O3. The van der Waals surface area contributed by atoms with E-state index in [1.54, 1.807) is 18.3 Å². The van der Waals surface area contributed by atoms with Crippen molar-refractivity contribution in [1.29, 1.82) is 0 Å². The number of aromatic hydroxyl groups is 1. The van der Waals surface area contributed by atoms with Crippen molar-refractivity contribution in [3.05, 3.63) is 63.2 Å². The van der Waals surface area contributed by atoms with Gasteiger partial charge in [-0.3, -0.25) is 15.1 Å². The highest BCUT2D eigenvalue weighted by Gasteiger charge is 2.51. The molecule has 0 heterocycles. The average Bonchev–Trinajstić information content (AvgIpc) is 2.67. The monoisotopic (exact) mass is 390 g/mol. The van der Waals surface area contributed by atoms with E-state index in [0.717, 1.165) is 28.9 Å². The molecule has 0 amide bonds. The fourth-order valence-electron chi connectivity index (χ4n) is 6.49. The lowest BCUT2D eigenvalue weighted by Gasteiger charge is -2.57. The number of nitrogens with zero attached hydrogens (tertiary/aromatic N) is 2. The second-order valence-corrected chi connectivity index (χ2v) is 9.46. The van der Waals surface area contributed by atoms with Gasteiger partial charge in [-0.1, -0.05) is 6.07 Å². The summed E-state index contributed by atoms with van der Waals surface area (Å²) in [6.07, 6.45) is 9.75. The summed E-state index contributed by atoms with van der Waals surface area (Å²) < 4.78 is 0. The molecule has 0 spiro atoms. The molecule has 0 aliphatic heterocycles. The van der Waals surface area contributed by atoms with Gasteiger partial charge in [-0.15, -0.1) is 0 Å². The van der Waals surface area contributed by atoms with E-state index in [1.165, 1.54) is 56.2 Å². The van der Waals surface area contributed by atoms with Crippen molar-refractivity contribution in [3.63, 3.8) is 0 Å². The van der Waals surface area contributed by atoms with E-state index in [2.05, 4.69) is 17.1 Å². The molecule has 2 aromatic carbocycles. The number of non-ortho nitro benzene ring substituents is 1. The van der Waals surface area contributed by atoms with Gasteiger partial charge in [-0.05, 0) is 97.9 Å². The summed E-state index contributed by atoms with van der Waals surface area (Å²) in [6, 6.07) is 10.7. The minimum absolute atomic E-state index is 0.0631. The molecular weight excluding hydrogens is 364 g/mol. The summed E-state index contributed by atoms with van der Waals surface area (Å²) in [5.74, 6) is 2.83. The number of hydrogen-bond donors (Lipinski definition) is 1. The third-order valence-electron chi connectivity index (χ3n) is 7.41. The third-order valence-corrected chi connectivity index (χ3v) is 7.41. The number of aliphatic imine (C=N–C) groups is 1. The predicted octanol–water partition coefficient (Wildman–Crippen LogP) is 5.83. The molecule has 0 saturated heterocycles. The lowest BCUT2D eigenvalue weighted by Crippen LogP contribution is -2.48. The quantitative estimate of drug-likeness (QED) is 0.405. The van der Waals surface area contributed by atoms with E-state index < -0.39 is 4.92 Å². The first-order valence-electron chi connectivity index (χ1n) is 10.5. The fourth-order valence-corrected chi connectivity index (χ4v) is 6.49. The van der Waals surface area contributed by atoms with Crippen molar-refractivity contribution < 1.29 is 10.0 Å². The van der Waals surface area contributed by atoms with Gasteiger partial charge in [0.05, 0.1) is 10.6 Å². The number of phenols is 1. The summed E-state index contributed by atoms with van der Waals surface area (Å²) in [7, 11) is 0. The maximum absolute atomic E-state index is 10.9. The molecule has 4 aliphatic rings. The molecule has 0 radical (unpaired) electrons. The molecule has 5 heteroatoms. The molecule has 0 atom stereocenters. The van der Waals surface area contributed by atoms with Crippen LogP contribution in [0.4, 0.5) is 11.4 Å². The zero-order valence-corrected chi connectivity index (χ0v) is 16.7. The molecule has 6 rings (SSSR count). The summed E-state index contributed by atoms with van der Waals surface area (Å²) in [6.45, 7) is 1.81. The summed E-state index contributed by atoms with van der Waals surface area (Å²) in [4.78, 5) is 15.0. The van der Waals surface area contributed by atoms with Crippen LogP contribution in [0.5, 0.6) is 5.75 Å². The van der Waals surface area contributed by atoms with Crippen LogP contribution in [0, 0.1) is 34.8 Å². The van der Waals surface area contributed by atoms with Crippen LogP contribution in [0.2, 0.25) is 0 Å². The number of nitro benzene ring substituents is 1. The van der Waals surface area contributed by atoms with Crippen molar-refractivity contribution in [1.82, 2.24) is 0 Å². The van der Waals surface area contributed by atoms with Gasteiger partial charge in [-0.25, -0.2) is 0 Å². The second kappa shape index (κ2) is 6.68. The molecule has 5 nitrogen and oxygen atoms in total. The topological polar surface area (TPSA) is 75.7 Å². The van der Waals surface area contributed by atoms with Gasteiger partial charge in [0, 0.05) is 23.9 Å². The number of hydrogen-bond acceptors (Lipinski definition) is 4. The van der Waals surface area contributed by atoms with Crippen LogP contribution in [0.3, 0.4) is 0 Å². The Balaban J connectivity index is 1.45.